The quantitative estimate of drug-likeness (QED) is 0.516. The molecular formula is C22H26Cl2N2O2S. The zero-order valence-electron chi connectivity index (χ0n) is 16.8. The van der Waals surface area contributed by atoms with Crippen LogP contribution in [0.3, 0.4) is 0 Å². The van der Waals surface area contributed by atoms with Gasteiger partial charge < -0.3 is 10.2 Å². The van der Waals surface area contributed by atoms with Crippen LogP contribution in [0.5, 0.6) is 0 Å². The number of rotatable bonds is 9. The largest absolute Gasteiger partial charge is 0.352 e. The summed E-state index contributed by atoms with van der Waals surface area (Å²) in [6.45, 7) is 5.95. The van der Waals surface area contributed by atoms with Crippen molar-refractivity contribution in [2.75, 3.05) is 5.75 Å². The molecule has 0 heterocycles. The lowest BCUT2D eigenvalue weighted by Crippen LogP contribution is -2.51. The van der Waals surface area contributed by atoms with Crippen molar-refractivity contribution in [1.82, 2.24) is 10.2 Å². The van der Waals surface area contributed by atoms with Crippen LogP contribution in [0, 0.1) is 0 Å². The number of thioether (sulfide) groups is 1. The molecule has 0 aromatic heterocycles. The Hall–Kier alpha value is -1.69. The highest BCUT2D eigenvalue weighted by Crippen LogP contribution is 2.25. The topological polar surface area (TPSA) is 49.4 Å². The fraction of sp³-hybridized carbons (Fsp3) is 0.364. The van der Waals surface area contributed by atoms with E-state index in [0.29, 0.717) is 16.5 Å². The van der Waals surface area contributed by atoms with E-state index in [2.05, 4.69) is 5.32 Å². The molecule has 1 atom stereocenters. The molecule has 0 spiro atoms. The van der Waals surface area contributed by atoms with E-state index in [1.165, 1.54) is 11.8 Å². The van der Waals surface area contributed by atoms with Gasteiger partial charge in [0.2, 0.25) is 11.8 Å². The molecule has 29 heavy (non-hydrogen) atoms. The van der Waals surface area contributed by atoms with E-state index in [1.807, 2.05) is 51.1 Å². The Morgan fingerprint density at radius 3 is 2.38 bits per heavy atom. The van der Waals surface area contributed by atoms with Crippen molar-refractivity contribution >= 4 is 46.8 Å². The number of carbonyl (C=O) groups excluding carboxylic acids is 2. The molecule has 0 saturated carbocycles. The maximum absolute atomic E-state index is 13.1. The van der Waals surface area contributed by atoms with Gasteiger partial charge in [0, 0.05) is 27.5 Å². The first-order valence-electron chi connectivity index (χ1n) is 9.53. The van der Waals surface area contributed by atoms with E-state index in [9.17, 15) is 9.59 Å². The van der Waals surface area contributed by atoms with Crippen LogP contribution in [0.1, 0.15) is 32.8 Å². The minimum Gasteiger partial charge on any atom is -0.352 e. The Morgan fingerprint density at radius 2 is 1.79 bits per heavy atom. The van der Waals surface area contributed by atoms with Gasteiger partial charge in [-0.15, -0.1) is 11.8 Å². The van der Waals surface area contributed by atoms with Crippen LogP contribution in [0.15, 0.2) is 53.4 Å². The van der Waals surface area contributed by atoms with Crippen LogP contribution in [0.25, 0.3) is 0 Å². The van der Waals surface area contributed by atoms with Gasteiger partial charge in [-0.25, -0.2) is 0 Å². The van der Waals surface area contributed by atoms with Crippen LogP contribution in [-0.4, -0.2) is 34.6 Å². The number of carbonyl (C=O) groups is 2. The van der Waals surface area contributed by atoms with Crippen molar-refractivity contribution in [3.05, 3.63) is 64.1 Å². The molecule has 0 aliphatic rings. The maximum Gasteiger partial charge on any atom is 0.243 e. The predicted molar refractivity (Wildman–Crippen MR) is 122 cm³/mol. The Kier molecular flexibility index (Phi) is 9.34. The SMILES string of the molecule is CCC(C(=O)NC(C)C)N(Cc1ccc(Cl)cc1Cl)C(=O)CSc1ccccc1. The van der Waals surface area contributed by atoms with E-state index in [-0.39, 0.29) is 30.2 Å². The summed E-state index contributed by atoms with van der Waals surface area (Å²) >= 11 is 13.8. The van der Waals surface area contributed by atoms with Crippen molar-refractivity contribution < 1.29 is 9.59 Å². The van der Waals surface area contributed by atoms with Crippen LogP contribution in [0.2, 0.25) is 10.0 Å². The van der Waals surface area contributed by atoms with Gasteiger partial charge in [-0.2, -0.15) is 0 Å². The molecule has 156 valence electrons. The van der Waals surface area contributed by atoms with Crippen LogP contribution in [-0.2, 0) is 16.1 Å². The molecular weight excluding hydrogens is 427 g/mol. The molecule has 1 unspecified atom stereocenters. The Balaban J connectivity index is 2.24. The molecule has 2 amide bonds. The van der Waals surface area contributed by atoms with Gasteiger partial charge >= 0.3 is 0 Å². The highest BCUT2D eigenvalue weighted by Gasteiger charge is 2.29. The molecule has 1 N–H and O–H groups in total. The number of hydrogen-bond acceptors (Lipinski definition) is 3. The summed E-state index contributed by atoms with van der Waals surface area (Å²) in [5, 5.41) is 3.92. The summed E-state index contributed by atoms with van der Waals surface area (Å²) in [6.07, 6.45) is 0.505. The molecule has 2 rings (SSSR count). The molecule has 4 nitrogen and oxygen atoms in total. The molecule has 0 saturated heterocycles. The average Bonchev–Trinajstić information content (AvgIpc) is 2.68. The zero-order chi connectivity index (χ0) is 21.4. The monoisotopic (exact) mass is 452 g/mol. The molecule has 0 aliphatic heterocycles. The number of nitrogens with zero attached hydrogens (tertiary/aromatic N) is 1. The fourth-order valence-electron chi connectivity index (χ4n) is 2.88. The van der Waals surface area contributed by atoms with Gasteiger partial charge in [0.15, 0.2) is 0 Å². The lowest BCUT2D eigenvalue weighted by atomic mass is 10.1. The number of amides is 2. The first-order chi connectivity index (χ1) is 13.8. The highest BCUT2D eigenvalue weighted by atomic mass is 35.5. The summed E-state index contributed by atoms with van der Waals surface area (Å²) in [5.74, 6) is -0.0398. The summed E-state index contributed by atoms with van der Waals surface area (Å²) < 4.78 is 0. The van der Waals surface area contributed by atoms with Gasteiger partial charge in [0.1, 0.15) is 6.04 Å². The highest BCUT2D eigenvalue weighted by molar-refractivity contribution is 8.00. The second-order valence-corrected chi connectivity index (χ2v) is 8.84. The van der Waals surface area contributed by atoms with Crippen LogP contribution < -0.4 is 5.32 Å². The van der Waals surface area contributed by atoms with Gasteiger partial charge in [-0.1, -0.05) is 54.4 Å². The van der Waals surface area contributed by atoms with Crippen molar-refractivity contribution in [2.45, 2.75) is 50.7 Å². The predicted octanol–water partition coefficient (Wildman–Crippen LogP) is 5.42. The van der Waals surface area contributed by atoms with Crippen LogP contribution >= 0.6 is 35.0 Å². The Bertz CT molecular complexity index is 831. The molecule has 0 fully saturated rings. The molecule has 0 radical (unpaired) electrons. The fourth-order valence-corrected chi connectivity index (χ4v) is 4.15. The lowest BCUT2D eigenvalue weighted by Gasteiger charge is -2.31. The number of benzene rings is 2. The molecule has 0 aliphatic carbocycles. The van der Waals surface area contributed by atoms with E-state index in [1.54, 1.807) is 23.1 Å². The Morgan fingerprint density at radius 1 is 1.10 bits per heavy atom. The molecule has 2 aromatic rings. The second kappa shape index (κ2) is 11.5. The first kappa shape index (κ1) is 23.6. The lowest BCUT2D eigenvalue weighted by molar-refractivity contribution is -0.139. The van der Waals surface area contributed by atoms with E-state index >= 15 is 0 Å². The second-order valence-electron chi connectivity index (χ2n) is 6.95. The van der Waals surface area contributed by atoms with Gasteiger partial charge in [0.25, 0.3) is 0 Å². The molecule has 2 aromatic carbocycles. The van der Waals surface area contributed by atoms with Crippen LogP contribution in [0.4, 0.5) is 0 Å². The smallest absolute Gasteiger partial charge is 0.243 e. The molecule has 0 bridgehead atoms. The number of hydrogen-bond donors (Lipinski definition) is 1. The summed E-state index contributed by atoms with van der Waals surface area (Å²) in [4.78, 5) is 28.5. The van der Waals surface area contributed by atoms with Crippen molar-refractivity contribution in [3.8, 4) is 0 Å². The normalized spacial score (nSPS) is 11.9. The van der Waals surface area contributed by atoms with Crippen molar-refractivity contribution in [3.63, 3.8) is 0 Å². The first-order valence-corrected chi connectivity index (χ1v) is 11.3. The summed E-state index contributed by atoms with van der Waals surface area (Å²) in [6, 6.07) is 14.3. The third-order valence-corrected chi connectivity index (χ3v) is 5.86. The van der Waals surface area contributed by atoms with Gasteiger partial charge in [-0.05, 0) is 50.1 Å². The van der Waals surface area contributed by atoms with E-state index in [0.717, 1.165) is 10.5 Å². The zero-order valence-corrected chi connectivity index (χ0v) is 19.2. The molecule has 7 heteroatoms. The third kappa shape index (κ3) is 7.25. The van der Waals surface area contributed by atoms with Gasteiger partial charge in [0.05, 0.1) is 5.75 Å². The number of nitrogens with one attached hydrogen (secondary N) is 1. The summed E-state index contributed by atoms with van der Waals surface area (Å²) in [5.41, 5.74) is 0.755. The van der Waals surface area contributed by atoms with E-state index < -0.39 is 6.04 Å². The van der Waals surface area contributed by atoms with Crippen molar-refractivity contribution in [2.24, 2.45) is 0 Å². The minimum absolute atomic E-state index is 0.00804. The van der Waals surface area contributed by atoms with Crippen molar-refractivity contribution in [1.29, 1.82) is 0 Å². The van der Waals surface area contributed by atoms with Gasteiger partial charge in [-0.3, -0.25) is 9.59 Å². The third-order valence-electron chi connectivity index (χ3n) is 4.28. The Labute approximate surface area is 187 Å². The van der Waals surface area contributed by atoms with E-state index in [4.69, 9.17) is 23.2 Å². The number of halogens is 2. The summed E-state index contributed by atoms with van der Waals surface area (Å²) in [7, 11) is 0. The standard InChI is InChI=1S/C22H26Cl2N2O2S/c1-4-20(22(28)25-15(2)3)26(13-16-10-11-17(23)12-19(16)24)21(27)14-29-18-8-6-5-7-9-18/h5-12,15,20H,4,13-14H2,1-3H3,(H,25,28). The average molecular weight is 453 g/mol. The maximum atomic E-state index is 13.1. The minimum atomic E-state index is -0.576.